The van der Waals surface area contributed by atoms with E-state index in [2.05, 4.69) is 4.84 Å². The average Bonchev–Trinajstić information content (AvgIpc) is 2.19. The molecule has 2 N–H and O–H groups in total. The predicted molar refractivity (Wildman–Crippen MR) is 58.2 cm³/mol. The molecule has 0 saturated heterocycles. The van der Waals surface area contributed by atoms with E-state index in [1.807, 2.05) is 0 Å². The number of rotatable bonds is 5. The lowest BCUT2D eigenvalue weighted by atomic mass is 9.86. The van der Waals surface area contributed by atoms with Crippen molar-refractivity contribution in [1.82, 2.24) is 0 Å². The smallest absolute Gasteiger partial charge is 0.125 e. The Morgan fingerprint density at radius 2 is 2.19 bits per heavy atom. The first-order valence-corrected chi connectivity index (χ1v) is 5.52. The summed E-state index contributed by atoms with van der Waals surface area (Å²) < 4.78 is 18.6. The van der Waals surface area contributed by atoms with Crippen LogP contribution in [-0.4, -0.2) is 6.61 Å². The Morgan fingerprint density at radius 3 is 2.81 bits per heavy atom. The van der Waals surface area contributed by atoms with E-state index in [1.54, 1.807) is 6.07 Å². The minimum Gasteiger partial charge on any atom is -0.493 e. The van der Waals surface area contributed by atoms with Crippen LogP contribution in [0.15, 0.2) is 18.2 Å². The van der Waals surface area contributed by atoms with Gasteiger partial charge < -0.3 is 4.74 Å². The van der Waals surface area contributed by atoms with Crippen molar-refractivity contribution >= 4 is 0 Å². The second-order valence-corrected chi connectivity index (χ2v) is 4.17. The molecule has 0 amide bonds. The molecular formula is C12H16FNO2. The highest BCUT2D eigenvalue weighted by molar-refractivity contribution is 5.33. The summed E-state index contributed by atoms with van der Waals surface area (Å²) in [6.07, 6.45) is 3.74. The first-order chi connectivity index (χ1) is 7.79. The van der Waals surface area contributed by atoms with Crippen LogP contribution < -0.4 is 10.6 Å². The van der Waals surface area contributed by atoms with Gasteiger partial charge >= 0.3 is 0 Å². The molecule has 1 aliphatic rings. The van der Waals surface area contributed by atoms with Crippen molar-refractivity contribution < 1.29 is 14.0 Å². The summed E-state index contributed by atoms with van der Waals surface area (Å²) in [7, 11) is 0. The fraction of sp³-hybridized carbons (Fsp3) is 0.500. The number of hydrogen-bond acceptors (Lipinski definition) is 3. The third kappa shape index (κ3) is 2.71. The Hall–Kier alpha value is -1.13. The van der Waals surface area contributed by atoms with Gasteiger partial charge in [0.15, 0.2) is 0 Å². The van der Waals surface area contributed by atoms with Gasteiger partial charge in [0, 0.05) is 5.56 Å². The number of halogens is 1. The van der Waals surface area contributed by atoms with Crippen LogP contribution in [0.2, 0.25) is 0 Å². The Kier molecular flexibility index (Phi) is 3.74. The van der Waals surface area contributed by atoms with Crippen molar-refractivity contribution in [2.75, 3.05) is 6.61 Å². The molecule has 0 aromatic heterocycles. The third-order valence-corrected chi connectivity index (χ3v) is 2.96. The molecule has 0 bridgehead atoms. The second-order valence-electron chi connectivity index (χ2n) is 4.17. The molecule has 0 heterocycles. The second kappa shape index (κ2) is 5.27. The zero-order valence-electron chi connectivity index (χ0n) is 9.12. The van der Waals surface area contributed by atoms with Gasteiger partial charge in [-0.15, -0.1) is 0 Å². The standard InChI is InChI=1S/C12H16FNO2/c13-11-4-5-12(10(6-11)8-16-14)15-7-9-2-1-3-9/h4-6,9H,1-3,7-8,14H2. The van der Waals surface area contributed by atoms with Crippen molar-refractivity contribution in [2.24, 2.45) is 11.8 Å². The highest BCUT2D eigenvalue weighted by Gasteiger charge is 2.18. The van der Waals surface area contributed by atoms with Crippen LogP contribution in [0.4, 0.5) is 4.39 Å². The maximum absolute atomic E-state index is 13.0. The van der Waals surface area contributed by atoms with Gasteiger partial charge in [-0.1, -0.05) is 6.42 Å². The highest BCUT2D eigenvalue weighted by Crippen LogP contribution is 2.28. The Bertz CT molecular complexity index is 353. The van der Waals surface area contributed by atoms with E-state index in [9.17, 15) is 4.39 Å². The largest absolute Gasteiger partial charge is 0.493 e. The van der Waals surface area contributed by atoms with Crippen LogP contribution in [0, 0.1) is 11.7 Å². The van der Waals surface area contributed by atoms with Crippen LogP contribution in [0.5, 0.6) is 5.75 Å². The van der Waals surface area contributed by atoms with Gasteiger partial charge in [-0.3, -0.25) is 4.84 Å². The molecule has 1 fully saturated rings. The Balaban J connectivity index is 1.99. The lowest BCUT2D eigenvalue weighted by Gasteiger charge is -2.25. The maximum atomic E-state index is 13.0. The maximum Gasteiger partial charge on any atom is 0.125 e. The summed E-state index contributed by atoms with van der Waals surface area (Å²) in [6.45, 7) is 0.862. The lowest BCUT2D eigenvalue weighted by molar-refractivity contribution is 0.118. The van der Waals surface area contributed by atoms with Crippen LogP contribution in [0.1, 0.15) is 24.8 Å². The van der Waals surface area contributed by atoms with Crippen molar-refractivity contribution in [3.63, 3.8) is 0 Å². The van der Waals surface area contributed by atoms with Crippen molar-refractivity contribution in [2.45, 2.75) is 25.9 Å². The van der Waals surface area contributed by atoms with E-state index in [1.165, 1.54) is 31.4 Å². The molecule has 4 heteroatoms. The molecule has 1 aromatic rings. The summed E-state index contributed by atoms with van der Waals surface area (Å²) in [6, 6.07) is 4.40. The molecule has 0 aliphatic heterocycles. The Labute approximate surface area is 94.3 Å². The molecule has 1 saturated carbocycles. The average molecular weight is 225 g/mol. The highest BCUT2D eigenvalue weighted by atomic mass is 19.1. The van der Waals surface area contributed by atoms with E-state index in [4.69, 9.17) is 10.6 Å². The third-order valence-electron chi connectivity index (χ3n) is 2.96. The summed E-state index contributed by atoms with van der Waals surface area (Å²) >= 11 is 0. The molecule has 0 atom stereocenters. The van der Waals surface area contributed by atoms with Crippen molar-refractivity contribution in [3.8, 4) is 5.75 Å². The van der Waals surface area contributed by atoms with Crippen LogP contribution in [-0.2, 0) is 11.4 Å². The SMILES string of the molecule is NOCc1cc(F)ccc1OCC1CCC1. The van der Waals surface area contributed by atoms with Gasteiger partial charge in [-0.2, -0.15) is 0 Å². The van der Waals surface area contributed by atoms with E-state index in [0.717, 1.165) is 0 Å². The molecular weight excluding hydrogens is 209 g/mol. The summed E-state index contributed by atoms with van der Waals surface area (Å²) in [4.78, 5) is 4.52. The first-order valence-electron chi connectivity index (χ1n) is 5.52. The fourth-order valence-electron chi connectivity index (χ4n) is 1.76. The van der Waals surface area contributed by atoms with Crippen molar-refractivity contribution in [1.29, 1.82) is 0 Å². The van der Waals surface area contributed by atoms with Crippen molar-refractivity contribution in [3.05, 3.63) is 29.6 Å². The van der Waals surface area contributed by atoms with Crippen LogP contribution >= 0.6 is 0 Å². The molecule has 1 aliphatic carbocycles. The van der Waals surface area contributed by atoms with Gasteiger partial charge in [-0.05, 0) is 37.0 Å². The lowest BCUT2D eigenvalue weighted by Crippen LogP contribution is -2.19. The van der Waals surface area contributed by atoms with Gasteiger partial charge in [0.1, 0.15) is 11.6 Å². The molecule has 88 valence electrons. The molecule has 3 nitrogen and oxygen atoms in total. The predicted octanol–water partition coefficient (Wildman–Crippen LogP) is 2.39. The Morgan fingerprint density at radius 1 is 1.38 bits per heavy atom. The van der Waals surface area contributed by atoms with Gasteiger partial charge in [0.25, 0.3) is 0 Å². The molecule has 0 spiro atoms. The zero-order chi connectivity index (χ0) is 11.4. The molecule has 16 heavy (non-hydrogen) atoms. The van der Waals surface area contributed by atoms with E-state index < -0.39 is 0 Å². The fourth-order valence-corrected chi connectivity index (χ4v) is 1.76. The first kappa shape index (κ1) is 11.4. The molecule has 2 rings (SSSR count). The molecule has 0 unspecified atom stereocenters. The topological polar surface area (TPSA) is 44.5 Å². The normalized spacial score (nSPS) is 15.9. The monoisotopic (exact) mass is 225 g/mol. The number of benzene rings is 1. The van der Waals surface area contributed by atoms with Gasteiger partial charge in [0.2, 0.25) is 0 Å². The zero-order valence-corrected chi connectivity index (χ0v) is 9.12. The minimum atomic E-state index is -0.303. The van der Waals surface area contributed by atoms with E-state index in [0.29, 0.717) is 23.8 Å². The van der Waals surface area contributed by atoms with Gasteiger partial charge in [0.05, 0.1) is 13.2 Å². The van der Waals surface area contributed by atoms with E-state index >= 15 is 0 Å². The number of hydrogen-bond donors (Lipinski definition) is 1. The number of ether oxygens (including phenoxy) is 1. The molecule has 0 radical (unpaired) electrons. The van der Waals surface area contributed by atoms with Crippen LogP contribution in [0.3, 0.4) is 0 Å². The van der Waals surface area contributed by atoms with Crippen LogP contribution in [0.25, 0.3) is 0 Å². The summed E-state index contributed by atoms with van der Waals surface area (Å²) in [5.74, 6) is 6.01. The van der Waals surface area contributed by atoms with E-state index in [-0.39, 0.29) is 12.4 Å². The summed E-state index contributed by atoms with van der Waals surface area (Å²) in [5, 5.41) is 0. The summed E-state index contributed by atoms with van der Waals surface area (Å²) in [5.41, 5.74) is 0.654. The van der Waals surface area contributed by atoms with Gasteiger partial charge in [-0.25, -0.2) is 10.3 Å². The molecule has 1 aromatic carbocycles. The quantitative estimate of drug-likeness (QED) is 0.782. The minimum absolute atomic E-state index is 0.164. The number of nitrogens with two attached hydrogens (primary N) is 1.